The fraction of sp³-hybridized carbons (Fsp3) is 0.150. The number of aromatic nitrogens is 2. The van der Waals surface area contributed by atoms with Crippen molar-refractivity contribution >= 4 is 17.7 Å². The number of anilines is 1. The second-order valence-electron chi connectivity index (χ2n) is 5.67. The number of nitrogens with one attached hydrogen (secondary N) is 1. The van der Waals surface area contributed by atoms with E-state index in [1.807, 2.05) is 36.4 Å². The highest BCUT2D eigenvalue weighted by atomic mass is 16.6. The first kappa shape index (κ1) is 17.4. The van der Waals surface area contributed by atoms with E-state index in [4.69, 9.17) is 4.74 Å². The predicted molar refractivity (Wildman–Crippen MR) is 99.0 cm³/mol. The average Bonchev–Trinajstić information content (AvgIpc) is 2.99. The van der Waals surface area contributed by atoms with E-state index >= 15 is 0 Å². The van der Waals surface area contributed by atoms with Gasteiger partial charge in [0.05, 0.1) is 5.69 Å². The Hall–Kier alpha value is -3.41. The zero-order chi connectivity index (χ0) is 18.5. The largest absolute Gasteiger partial charge is 0.418 e. The molecular formula is C20H19N3O3. The van der Waals surface area contributed by atoms with Gasteiger partial charge in [0, 0.05) is 12.0 Å². The summed E-state index contributed by atoms with van der Waals surface area (Å²) < 4.78 is 6.83. The molecule has 3 aromatic rings. The summed E-state index contributed by atoms with van der Waals surface area (Å²) in [5, 5.41) is 7.12. The SMILES string of the molecule is CCC(=O)c1nn(-c2ccccc2)c(NC(=O)Oc2ccccc2)c1C. The molecule has 6 heteroatoms. The molecule has 0 atom stereocenters. The predicted octanol–water partition coefficient (Wildman–Crippen LogP) is 4.38. The Morgan fingerprint density at radius 3 is 2.27 bits per heavy atom. The van der Waals surface area contributed by atoms with E-state index in [1.54, 1.807) is 42.8 Å². The maximum Gasteiger partial charge on any atom is 0.418 e. The number of ketones is 1. The number of carbonyl (C=O) groups excluding carboxylic acids is 2. The van der Waals surface area contributed by atoms with Gasteiger partial charge in [-0.05, 0) is 31.2 Å². The van der Waals surface area contributed by atoms with Gasteiger partial charge in [-0.2, -0.15) is 5.10 Å². The average molecular weight is 349 g/mol. The van der Waals surface area contributed by atoms with Crippen molar-refractivity contribution in [3.8, 4) is 11.4 Å². The molecule has 0 saturated heterocycles. The summed E-state index contributed by atoms with van der Waals surface area (Å²) in [5.41, 5.74) is 1.68. The number of carbonyl (C=O) groups is 2. The number of nitrogens with zero attached hydrogens (tertiary/aromatic N) is 2. The van der Waals surface area contributed by atoms with Crippen molar-refractivity contribution in [3.05, 3.63) is 71.9 Å². The van der Waals surface area contributed by atoms with Gasteiger partial charge < -0.3 is 4.74 Å². The lowest BCUT2D eigenvalue weighted by molar-refractivity contribution is 0.0982. The molecular weight excluding hydrogens is 330 g/mol. The Balaban J connectivity index is 1.95. The molecule has 0 aliphatic carbocycles. The number of hydrogen-bond acceptors (Lipinski definition) is 4. The maximum atomic E-state index is 12.3. The highest BCUT2D eigenvalue weighted by molar-refractivity contribution is 5.98. The van der Waals surface area contributed by atoms with E-state index in [-0.39, 0.29) is 5.78 Å². The van der Waals surface area contributed by atoms with Crippen LogP contribution in [0.1, 0.15) is 29.4 Å². The number of rotatable bonds is 5. The molecule has 1 amide bonds. The zero-order valence-electron chi connectivity index (χ0n) is 14.6. The van der Waals surface area contributed by atoms with Gasteiger partial charge in [0.25, 0.3) is 0 Å². The van der Waals surface area contributed by atoms with E-state index < -0.39 is 6.09 Å². The maximum absolute atomic E-state index is 12.3. The minimum atomic E-state index is -0.646. The van der Waals surface area contributed by atoms with Gasteiger partial charge in [-0.25, -0.2) is 9.48 Å². The first-order valence-electron chi connectivity index (χ1n) is 8.32. The highest BCUT2D eigenvalue weighted by Gasteiger charge is 2.21. The van der Waals surface area contributed by atoms with Gasteiger partial charge in [0.2, 0.25) is 0 Å². The third-order valence-electron chi connectivity index (χ3n) is 3.88. The summed E-state index contributed by atoms with van der Waals surface area (Å²) in [6.07, 6.45) is -0.313. The van der Waals surface area contributed by atoms with Crippen molar-refractivity contribution in [1.29, 1.82) is 0 Å². The number of amides is 1. The number of para-hydroxylation sites is 2. The van der Waals surface area contributed by atoms with Crippen LogP contribution >= 0.6 is 0 Å². The quantitative estimate of drug-likeness (QED) is 0.694. The van der Waals surface area contributed by atoms with E-state index in [0.29, 0.717) is 29.2 Å². The normalized spacial score (nSPS) is 10.4. The van der Waals surface area contributed by atoms with Crippen LogP contribution in [0.2, 0.25) is 0 Å². The molecule has 26 heavy (non-hydrogen) atoms. The molecule has 0 radical (unpaired) electrons. The molecule has 1 N–H and O–H groups in total. The molecule has 2 aromatic carbocycles. The molecule has 1 heterocycles. The second-order valence-corrected chi connectivity index (χ2v) is 5.67. The van der Waals surface area contributed by atoms with Crippen molar-refractivity contribution in [2.45, 2.75) is 20.3 Å². The monoisotopic (exact) mass is 349 g/mol. The highest BCUT2D eigenvalue weighted by Crippen LogP contribution is 2.24. The van der Waals surface area contributed by atoms with Gasteiger partial charge in [-0.1, -0.05) is 43.3 Å². The molecule has 0 fully saturated rings. The topological polar surface area (TPSA) is 73.2 Å². The lowest BCUT2D eigenvalue weighted by Crippen LogP contribution is -2.19. The van der Waals surface area contributed by atoms with Gasteiger partial charge in [-0.15, -0.1) is 0 Å². The lowest BCUT2D eigenvalue weighted by atomic mass is 10.1. The molecule has 0 unspecified atom stereocenters. The molecule has 0 aliphatic rings. The van der Waals surface area contributed by atoms with Crippen LogP contribution < -0.4 is 10.1 Å². The fourth-order valence-electron chi connectivity index (χ4n) is 2.55. The number of Topliss-reactive ketones (excluding diaryl/α,β-unsaturated/α-hetero) is 1. The third kappa shape index (κ3) is 3.64. The van der Waals surface area contributed by atoms with Crippen LogP contribution in [0.4, 0.5) is 10.6 Å². The summed E-state index contributed by atoms with van der Waals surface area (Å²) in [7, 11) is 0. The van der Waals surface area contributed by atoms with Crippen LogP contribution in [0, 0.1) is 6.92 Å². The number of ether oxygens (including phenoxy) is 1. The molecule has 0 saturated carbocycles. The summed E-state index contributed by atoms with van der Waals surface area (Å²) in [5.74, 6) is 0.754. The van der Waals surface area contributed by atoms with E-state index in [2.05, 4.69) is 10.4 Å². The Morgan fingerprint density at radius 2 is 1.65 bits per heavy atom. The smallest absolute Gasteiger partial charge is 0.410 e. The molecule has 0 spiro atoms. The van der Waals surface area contributed by atoms with Crippen LogP contribution in [0.3, 0.4) is 0 Å². The Morgan fingerprint density at radius 1 is 1.04 bits per heavy atom. The number of benzene rings is 2. The van der Waals surface area contributed by atoms with E-state index in [1.165, 1.54) is 0 Å². The summed E-state index contributed by atoms with van der Waals surface area (Å²) in [4.78, 5) is 24.5. The van der Waals surface area contributed by atoms with Gasteiger partial charge >= 0.3 is 6.09 Å². The molecule has 1 aromatic heterocycles. The Bertz CT molecular complexity index is 918. The van der Waals surface area contributed by atoms with Crippen LogP contribution in [-0.4, -0.2) is 21.7 Å². The van der Waals surface area contributed by atoms with Crippen LogP contribution in [0.15, 0.2) is 60.7 Å². The van der Waals surface area contributed by atoms with Crippen LogP contribution in [0.25, 0.3) is 5.69 Å². The summed E-state index contributed by atoms with van der Waals surface area (Å²) in [6.45, 7) is 3.54. The number of hydrogen-bond donors (Lipinski definition) is 1. The zero-order valence-corrected chi connectivity index (χ0v) is 14.6. The molecule has 0 bridgehead atoms. The van der Waals surface area contributed by atoms with Gasteiger partial charge in [0.15, 0.2) is 5.78 Å². The van der Waals surface area contributed by atoms with Gasteiger partial charge in [-0.3, -0.25) is 10.1 Å². The van der Waals surface area contributed by atoms with E-state index in [0.717, 1.165) is 5.69 Å². The molecule has 132 valence electrons. The lowest BCUT2D eigenvalue weighted by Gasteiger charge is -2.10. The van der Waals surface area contributed by atoms with Crippen molar-refractivity contribution in [1.82, 2.24) is 9.78 Å². The third-order valence-corrected chi connectivity index (χ3v) is 3.88. The Kier molecular flexibility index (Phi) is 5.12. The van der Waals surface area contributed by atoms with Crippen molar-refractivity contribution < 1.29 is 14.3 Å². The first-order valence-corrected chi connectivity index (χ1v) is 8.32. The van der Waals surface area contributed by atoms with Crippen molar-refractivity contribution in [2.75, 3.05) is 5.32 Å². The summed E-state index contributed by atoms with van der Waals surface area (Å²) in [6, 6.07) is 18.1. The second kappa shape index (κ2) is 7.65. The standard InChI is InChI=1S/C20H19N3O3/c1-3-17(24)18-14(2)19(23(22-18)15-10-6-4-7-11-15)21-20(25)26-16-12-8-5-9-13-16/h4-13H,3H2,1-2H3,(H,21,25). The van der Waals surface area contributed by atoms with Crippen LogP contribution in [0.5, 0.6) is 5.75 Å². The summed E-state index contributed by atoms with van der Waals surface area (Å²) >= 11 is 0. The fourth-order valence-corrected chi connectivity index (χ4v) is 2.55. The molecule has 0 aliphatic heterocycles. The Labute approximate surface area is 151 Å². The molecule has 3 rings (SSSR count). The van der Waals surface area contributed by atoms with Crippen molar-refractivity contribution in [3.63, 3.8) is 0 Å². The van der Waals surface area contributed by atoms with E-state index in [9.17, 15) is 9.59 Å². The minimum Gasteiger partial charge on any atom is -0.410 e. The first-order chi connectivity index (χ1) is 12.6. The minimum absolute atomic E-state index is 0.0864. The molecule has 6 nitrogen and oxygen atoms in total. The van der Waals surface area contributed by atoms with Crippen LogP contribution in [-0.2, 0) is 0 Å². The van der Waals surface area contributed by atoms with Crippen molar-refractivity contribution in [2.24, 2.45) is 0 Å². The van der Waals surface area contributed by atoms with Gasteiger partial charge in [0.1, 0.15) is 17.3 Å².